The molecule has 13 heteroatoms. The number of pyridine rings is 1. The molecule has 1 amide bonds. The number of imidazole rings is 1. The minimum absolute atomic E-state index is 0.00549. The smallest absolute Gasteiger partial charge is 0.404 e. The van der Waals surface area contributed by atoms with E-state index >= 15 is 4.39 Å². The van der Waals surface area contributed by atoms with Gasteiger partial charge >= 0.3 is 11.8 Å². The van der Waals surface area contributed by atoms with E-state index in [0.29, 0.717) is 38.6 Å². The Bertz CT molecular complexity index is 2310. The molecule has 0 bridgehead atoms. The van der Waals surface area contributed by atoms with Crippen molar-refractivity contribution in [2.75, 3.05) is 0 Å². The first-order valence-corrected chi connectivity index (χ1v) is 13.4. The highest BCUT2D eigenvalue weighted by Gasteiger charge is 2.33. The monoisotopic (exact) mass is 577 g/mol. The van der Waals surface area contributed by atoms with Gasteiger partial charge < -0.3 is 15.5 Å². The molecule has 0 saturated heterocycles. The number of carbonyl (C=O) groups is 1. The summed E-state index contributed by atoms with van der Waals surface area (Å²) >= 11 is 0. The van der Waals surface area contributed by atoms with Crippen LogP contribution in [0.25, 0.3) is 55.4 Å². The van der Waals surface area contributed by atoms with Crippen molar-refractivity contribution in [3.8, 4) is 22.4 Å². The van der Waals surface area contributed by atoms with Gasteiger partial charge in [-0.15, -0.1) is 5.10 Å². The standard InChI is InChI=1S/C29H30FN9O3/c1-14(2)39-20-8-5-15(9-16(20)11-33-39)22-23-25-21(12-32-27(23)34-24(22)19-13-36(3)35-26(19)30)37(4)29(41)38(25)17-6-7-18(10-17)42-28(31)40/h5,8-9,11-14,17-18H,6-7,10H2,1-4H3,(H2,31,40)(H,32,34)/t17-,18-/m1/s1/i3D3,4D3. The summed E-state index contributed by atoms with van der Waals surface area (Å²) in [5.74, 6) is -1.07. The summed E-state index contributed by atoms with van der Waals surface area (Å²) in [6.45, 7) is -1.69. The number of aryl methyl sites for hydroxylation is 2. The summed E-state index contributed by atoms with van der Waals surface area (Å²) in [5, 5.41) is 9.16. The highest BCUT2D eigenvalue weighted by atomic mass is 19.1. The van der Waals surface area contributed by atoms with Crippen LogP contribution in [0, 0.1) is 5.95 Å². The van der Waals surface area contributed by atoms with Crippen LogP contribution in [0.3, 0.4) is 0 Å². The van der Waals surface area contributed by atoms with Gasteiger partial charge in [-0.25, -0.2) is 14.6 Å². The number of amides is 1. The van der Waals surface area contributed by atoms with Crippen LogP contribution in [0.5, 0.6) is 0 Å². The molecule has 1 aliphatic rings. The minimum Gasteiger partial charge on any atom is -0.446 e. The SMILES string of the molecule is [2H]C([2H])([2H])n1cc(-c2[nH]c3ncc4c(c3c2-c2ccc3c(cnn3C(C)C)c2)n([C@@H]2CC[C@@H](OC(N)=O)C2)c(=O)n4C([2H])([2H])[2H])c(F)n1. The molecule has 216 valence electrons. The second-order valence-corrected chi connectivity index (χ2v) is 10.8. The predicted molar refractivity (Wildman–Crippen MR) is 155 cm³/mol. The van der Waals surface area contributed by atoms with Gasteiger partial charge in [0.05, 0.1) is 45.6 Å². The maximum atomic E-state index is 15.6. The number of nitrogens with zero attached hydrogens (tertiary/aromatic N) is 7. The van der Waals surface area contributed by atoms with Gasteiger partial charge in [-0.3, -0.25) is 18.5 Å². The molecule has 1 aliphatic carbocycles. The molecule has 1 saturated carbocycles. The van der Waals surface area contributed by atoms with E-state index < -0.39 is 43.8 Å². The Morgan fingerprint density at radius 3 is 2.83 bits per heavy atom. The van der Waals surface area contributed by atoms with Crippen LogP contribution in [0.15, 0.2) is 41.6 Å². The van der Waals surface area contributed by atoms with Crippen molar-refractivity contribution in [2.45, 2.75) is 51.3 Å². The van der Waals surface area contributed by atoms with Gasteiger partial charge in [0.25, 0.3) is 0 Å². The van der Waals surface area contributed by atoms with E-state index in [2.05, 4.69) is 20.2 Å². The first-order chi connectivity index (χ1) is 22.5. The van der Waals surface area contributed by atoms with Crippen molar-refractivity contribution >= 4 is 39.1 Å². The van der Waals surface area contributed by atoms with Crippen LogP contribution in [0.2, 0.25) is 0 Å². The van der Waals surface area contributed by atoms with Crippen molar-refractivity contribution in [3.63, 3.8) is 0 Å². The number of H-pyrrole nitrogens is 1. The quantitative estimate of drug-likeness (QED) is 0.308. The number of rotatable bonds is 5. The molecule has 1 fully saturated rings. The zero-order valence-electron chi connectivity index (χ0n) is 28.6. The molecule has 6 aromatic rings. The van der Waals surface area contributed by atoms with E-state index in [4.69, 9.17) is 18.7 Å². The third-order valence-electron chi connectivity index (χ3n) is 7.97. The summed E-state index contributed by atoms with van der Waals surface area (Å²) in [5.41, 5.74) is 6.48. The number of hydrogen-bond donors (Lipinski definition) is 2. The highest BCUT2D eigenvalue weighted by Crippen LogP contribution is 2.43. The fourth-order valence-electron chi connectivity index (χ4n) is 6.24. The number of nitrogens with one attached hydrogen (secondary N) is 1. The van der Waals surface area contributed by atoms with Crippen LogP contribution >= 0.6 is 0 Å². The van der Waals surface area contributed by atoms with E-state index in [0.717, 1.165) is 17.1 Å². The number of halogens is 1. The maximum Gasteiger partial charge on any atom is 0.404 e. The highest BCUT2D eigenvalue weighted by molar-refractivity contribution is 6.14. The van der Waals surface area contributed by atoms with Crippen molar-refractivity contribution in [3.05, 3.63) is 53.2 Å². The van der Waals surface area contributed by atoms with E-state index in [1.165, 1.54) is 10.8 Å². The van der Waals surface area contributed by atoms with Gasteiger partial charge in [-0.2, -0.15) is 9.49 Å². The summed E-state index contributed by atoms with van der Waals surface area (Å²) in [6, 6.07) is 4.93. The minimum atomic E-state index is -2.89. The molecule has 12 nitrogen and oxygen atoms in total. The van der Waals surface area contributed by atoms with Crippen LogP contribution in [-0.2, 0) is 18.7 Å². The predicted octanol–water partition coefficient (Wildman–Crippen LogP) is 4.54. The maximum absolute atomic E-state index is 15.6. The van der Waals surface area contributed by atoms with Crippen molar-refractivity contribution < 1.29 is 22.1 Å². The van der Waals surface area contributed by atoms with E-state index in [1.54, 1.807) is 12.3 Å². The second kappa shape index (κ2) is 9.29. The van der Waals surface area contributed by atoms with Crippen molar-refractivity contribution in [1.29, 1.82) is 0 Å². The topological polar surface area (TPSA) is 144 Å². The molecule has 2 atom stereocenters. The molecule has 0 spiro atoms. The second-order valence-electron chi connectivity index (χ2n) is 10.8. The number of benzene rings is 1. The number of fused-ring (bicyclic) bond motifs is 4. The fraction of sp³-hybridized carbons (Fsp3) is 0.345. The van der Waals surface area contributed by atoms with Gasteiger partial charge in [0.15, 0.2) is 0 Å². The lowest BCUT2D eigenvalue weighted by Crippen LogP contribution is -2.26. The third-order valence-corrected chi connectivity index (χ3v) is 7.97. The zero-order chi connectivity index (χ0) is 34.4. The van der Waals surface area contributed by atoms with Gasteiger partial charge in [0.1, 0.15) is 11.8 Å². The largest absolute Gasteiger partial charge is 0.446 e. The summed E-state index contributed by atoms with van der Waals surface area (Å²) in [4.78, 5) is 33.2. The van der Waals surface area contributed by atoms with E-state index in [9.17, 15) is 9.59 Å². The Kier molecular flexibility index (Phi) is 4.43. The molecule has 0 aliphatic heterocycles. The fourth-order valence-corrected chi connectivity index (χ4v) is 6.24. The molecular weight excluding hydrogens is 541 g/mol. The molecule has 3 N–H and O–H groups in total. The Labute approximate surface area is 246 Å². The number of nitrogens with two attached hydrogens (primary N) is 1. The van der Waals surface area contributed by atoms with Gasteiger partial charge in [-0.05, 0) is 44.4 Å². The van der Waals surface area contributed by atoms with E-state index in [1.807, 2.05) is 30.7 Å². The Hall–Kier alpha value is -4.94. The van der Waals surface area contributed by atoms with Gasteiger partial charge in [0.2, 0.25) is 5.95 Å². The van der Waals surface area contributed by atoms with Crippen molar-refractivity contribution in [1.82, 2.24) is 38.7 Å². The molecule has 0 radical (unpaired) electrons. The average Bonchev–Trinajstić information content (AvgIpc) is 3.79. The van der Waals surface area contributed by atoms with Gasteiger partial charge in [0, 0.05) is 57.8 Å². The number of aromatic nitrogens is 8. The molecule has 1 aromatic carbocycles. The normalized spacial score (nSPS) is 20.1. The number of aromatic amines is 1. The lowest BCUT2D eigenvalue weighted by Gasteiger charge is -2.14. The number of hydrogen-bond acceptors (Lipinski definition) is 6. The summed E-state index contributed by atoms with van der Waals surface area (Å²) in [6.07, 6.45) is 3.40. The average molecular weight is 578 g/mol. The molecule has 5 heterocycles. The lowest BCUT2D eigenvalue weighted by atomic mass is 9.98. The Morgan fingerprint density at radius 2 is 2.10 bits per heavy atom. The number of primary amides is 1. The zero-order valence-corrected chi connectivity index (χ0v) is 22.6. The first kappa shape index (κ1) is 20.0. The van der Waals surface area contributed by atoms with Crippen molar-refractivity contribution in [2.24, 2.45) is 19.7 Å². The number of ether oxygens (including phenoxy) is 1. The number of carbonyl (C=O) groups excluding carboxylic acids is 1. The molecule has 7 rings (SSSR count). The summed E-state index contributed by atoms with van der Waals surface area (Å²) < 4.78 is 73.3. The lowest BCUT2D eigenvalue weighted by molar-refractivity contribution is 0.108. The molecular formula is C29H30FN9O3. The van der Waals surface area contributed by atoms with E-state index in [-0.39, 0.29) is 40.4 Å². The summed E-state index contributed by atoms with van der Waals surface area (Å²) in [7, 11) is 0. The van der Waals surface area contributed by atoms with Crippen LogP contribution < -0.4 is 11.4 Å². The molecule has 42 heavy (non-hydrogen) atoms. The van der Waals surface area contributed by atoms with Crippen LogP contribution in [-0.4, -0.2) is 50.9 Å². The van der Waals surface area contributed by atoms with Crippen LogP contribution in [0.1, 0.15) is 53.4 Å². The Morgan fingerprint density at radius 1 is 1.24 bits per heavy atom. The Balaban J connectivity index is 1.59. The molecule has 5 aromatic heterocycles. The first-order valence-electron chi connectivity index (χ1n) is 16.4. The third kappa shape index (κ3) is 3.83. The van der Waals surface area contributed by atoms with Crippen LogP contribution in [0.4, 0.5) is 9.18 Å². The van der Waals surface area contributed by atoms with Gasteiger partial charge in [-0.1, -0.05) is 6.07 Å². The molecule has 0 unspecified atom stereocenters.